The summed E-state index contributed by atoms with van der Waals surface area (Å²) in [5, 5.41) is 12.4. The summed E-state index contributed by atoms with van der Waals surface area (Å²) < 4.78 is 0. The van der Waals surface area contributed by atoms with E-state index in [0.717, 1.165) is 24.0 Å². The number of benzene rings is 1. The largest absolute Gasteiger partial charge is 0.396 e. The van der Waals surface area contributed by atoms with Gasteiger partial charge in [-0.15, -0.1) is 0 Å². The minimum Gasteiger partial charge on any atom is -0.396 e. The van der Waals surface area contributed by atoms with E-state index in [-0.39, 0.29) is 17.9 Å². The summed E-state index contributed by atoms with van der Waals surface area (Å²) in [6.07, 6.45) is 2.03. The summed E-state index contributed by atoms with van der Waals surface area (Å²) in [4.78, 5) is 12.0. The summed E-state index contributed by atoms with van der Waals surface area (Å²) in [5.41, 5.74) is 7.43. The molecule has 0 bridgehead atoms. The monoisotopic (exact) mass is 278 g/mol. The molecule has 0 heterocycles. The Morgan fingerprint density at radius 2 is 1.85 bits per heavy atom. The Labute approximate surface area is 121 Å². The van der Waals surface area contributed by atoms with Gasteiger partial charge < -0.3 is 16.2 Å². The molecule has 4 nitrogen and oxygen atoms in total. The molecule has 20 heavy (non-hydrogen) atoms. The summed E-state index contributed by atoms with van der Waals surface area (Å²) in [7, 11) is 0. The zero-order chi connectivity index (χ0) is 15.0. The number of nitrogens with one attached hydrogen (secondary N) is 1. The number of amides is 1. The van der Waals surface area contributed by atoms with Crippen LogP contribution in [0.1, 0.15) is 37.8 Å². The topological polar surface area (TPSA) is 75.3 Å². The van der Waals surface area contributed by atoms with Crippen LogP contribution in [0.25, 0.3) is 0 Å². The second-order valence-electron chi connectivity index (χ2n) is 5.29. The highest BCUT2D eigenvalue weighted by Gasteiger charge is 2.25. The Kier molecular flexibility index (Phi) is 6.68. The van der Waals surface area contributed by atoms with E-state index in [9.17, 15) is 9.90 Å². The van der Waals surface area contributed by atoms with Crippen molar-refractivity contribution in [3.8, 4) is 0 Å². The second-order valence-corrected chi connectivity index (χ2v) is 5.29. The zero-order valence-corrected chi connectivity index (χ0v) is 12.5. The molecule has 0 saturated carbocycles. The van der Waals surface area contributed by atoms with Crippen LogP contribution in [0.5, 0.6) is 0 Å². The van der Waals surface area contributed by atoms with Crippen molar-refractivity contribution in [3.63, 3.8) is 0 Å². The average Bonchev–Trinajstić information content (AvgIpc) is 2.50. The Balaban J connectivity index is 2.60. The quantitative estimate of drug-likeness (QED) is 0.676. The molecule has 0 fully saturated rings. The van der Waals surface area contributed by atoms with Gasteiger partial charge in [0.1, 0.15) is 0 Å². The van der Waals surface area contributed by atoms with E-state index in [2.05, 4.69) is 5.32 Å². The van der Waals surface area contributed by atoms with Crippen LogP contribution < -0.4 is 11.1 Å². The number of hydrogen-bond acceptors (Lipinski definition) is 3. The molecule has 0 aliphatic carbocycles. The molecule has 4 N–H and O–H groups in total. The number of carbonyl (C=O) groups is 1. The lowest BCUT2D eigenvalue weighted by Crippen LogP contribution is -2.40. The van der Waals surface area contributed by atoms with Gasteiger partial charge in [-0.3, -0.25) is 4.79 Å². The van der Waals surface area contributed by atoms with Crippen LogP contribution in [0, 0.1) is 5.41 Å². The highest BCUT2D eigenvalue weighted by atomic mass is 16.3. The van der Waals surface area contributed by atoms with E-state index in [1.807, 2.05) is 38.1 Å². The van der Waals surface area contributed by atoms with Crippen molar-refractivity contribution >= 4 is 5.91 Å². The molecule has 0 atom stereocenters. The van der Waals surface area contributed by atoms with Crippen LogP contribution in [0.4, 0.5) is 0 Å². The molecule has 0 aliphatic rings. The molecule has 4 heteroatoms. The van der Waals surface area contributed by atoms with Gasteiger partial charge in [-0.1, -0.05) is 38.1 Å². The molecule has 1 aromatic rings. The van der Waals surface area contributed by atoms with Gasteiger partial charge in [0.15, 0.2) is 0 Å². The van der Waals surface area contributed by atoms with E-state index in [4.69, 9.17) is 5.73 Å². The Hall–Kier alpha value is -1.39. The van der Waals surface area contributed by atoms with Gasteiger partial charge in [-0.2, -0.15) is 0 Å². The number of rotatable bonds is 8. The van der Waals surface area contributed by atoms with Crippen molar-refractivity contribution in [1.82, 2.24) is 5.32 Å². The first-order valence-electron chi connectivity index (χ1n) is 7.25. The van der Waals surface area contributed by atoms with Gasteiger partial charge in [-0.25, -0.2) is 0 Å². The summed E-state index contributed by atoms with van der Waals surface area (Å²) in [6, 6.07) is 7.71. The molecule has 0 aliphatic heterocycles. The van der Waals surface area contributed by atoms with Gasteiger partial charge in [-0.05, 0) is 24.0 Å². The van der Waals surface area contributed by atoms with Crippen LogP contribution in [0.3, 0.4) is 0 Å². The predicted molar refractivity (Wildman–Crippen MR) is 81.1 cm³/mol. The predicted octanol–water partition coefficient (Wildman–Crippen LogP) is 1.60. The molecular weight excluding hydrogens is 252 g/mol. The molecular formula is C16H26N2O2. The summed E-state index contributed by atoms with van der Waals surface area (Å²) in [6.45, 7) is 5.12. The number of aliphatic hydroxyl groups is 1. The van der Waals surface area contributed by atoms with Crippen molar-refractivity contribution in [2.45, 2.75) is 39.7 Å². The van der Waals surface area contributed by atoms with E-state index < -0.39 is 0 Å². The fourth-order valence-electron chi connectivity index (χ4n) is 2.23. The molecule has 0 unspecified atom stereocenters. The fraction of sp³-hybridized carbons (Fsp3) is 0.562. The fourth-order valence-corrected chi connectivity index (χ4v) is 2.23. The van der Waals surface area contributed by atoms with E-state index in [1.165, 1.54) is 0 Å². The molecule has 1 aromatic carbocycles. The van der Waals surface area contributed by atoms with Crippen LogP contribution in [0.15, 0.2) is 24.3 Å². The lowest BCUT2D eigenvalue weighted by molar-refractivity contribution is -0.121. The van der Waals surface area contributed by atoms with Gasteiger partial charge in [0.2, 0.25) is 5.91 Å². The van der Waals surface area contributed by atoms with Crippen molar-refractivity contribution in [3.05, 3.63) is 35.4 Å². The van der Waals surface area contributed by atoms with Gasteiger partial charge in [0, 0.05) is 18.5 Å². The normalized spacial score (nSPS) is 11.4. The minimum absolute atomic E-state index is 0.0226. The van der Waals surface area contributed by atoms with Crippen molar-refractivity contribution in [2.24, 2.45) is 11.1 Å². The van der Waals surface area contributed by atoms with Crippen molar-refractivity contribution < 1.29 is 9.90 Å². The standard InChI is InChI=1S/C16H26N2O2/c1-3-16(4-2,12-19)11-18-15(20)9-13-7-5-6-8-14(13)10-17/h5-8,19H,3-4,9-12,17H2,1-2H3,(H,18,20). The molecule has 1 amide bonds. The van der Waals surface area contributed by atoms with Crippen molar-refractivity contribution in [1.29, 1.82) is 0 Å². The lowest BCUT2D eigenvalue weighted by Gasteiger charge is -2.29. The number of nitrogens with two attached hydrogens (primary N) is 1. The highest BCUT2D eigenvalue weighted by molar-refractivity contribution is 5.79. The molecule has 1 rings (SSSR count). The second kappa shape index (κ2) is 8.02. The third-order valence-corrected chi connectivity index (χ3v) is 4.19. The first-order valence-corrected chi connectivity index (χ1v) is 7.25. The molecule has 0 radical (unpaired) electrons. The van der Waals surface area contributed by atoms with Gasteiger partial charge in [0.05, 0.1) is 13.0 Å². The smallest absolute Gasteiger partial charge is 0.224 e. The zero-order valence-electron chi connectivity index (χ0n) is 12.5. The average molecular weight is 278 g/mol. The van der Waals surface area contributed by atoms with Crippen LogP contribution in [0.2, 0.25) is 0 Å². The number of hydrogen-bond donors (Lipinski definition) is 3. The molecule has 0 spiro atoms. The highest BCUT2D eigenvalue weighted by Crippen LogP contribution is 2.24. The number of aliphatic hydroxyl groups excluding tert-OH is 1. The first kappa shape index (κ1) is 16.7. The summed E-state index contributed by atoms with van der Waals surface area (Å²) >= 11 is 0. The van der Waals surface area contributed by atoms with Gasteiger partial charge in [0.25, 0.3) is 0 Å². The SMILES string of the molecule is CCC(CC)(CO)CNC(=O)Cc1ccccc1CN. The Morgan fingerprint density at radius 1 is 1.25 bits per heavy atom. The lowest BCUT2D eigenvalue weighted by atomic mass is 9.83. The van der Waals surface area contributed by atoms with Crippen LogP contribution >= 0.6 is 0 Å². The van der Waals surface area contributed by atoms with E-state index in [1.54, 1.807) is 0 Å². The summed E-state index contributed by atoms with van der Waals surface area (Å²) in [5.74, 6) is -0.0226. The van der Waals surface area contributed by atoms with Gasteiger partial charge >= 0.3 is 0 Å². The molecule has 0 saturated heterocycles. The third-order valence-electron chi connectivity index (χ3n) is 4.19. The van der Waals surface area contributed by atoms with Crippen LogP contribution in [-0.4, -0.2) is 24.2 Å². The molecule has 112 valence electrons. The Morgan fingerprint density at radius 3 is 2.35 bits per heavy atom. The minimum atomic E-state index is -0.205. The van der Waals surface area contributed by atoms with Crippen molar-refractivity contribution in [2.75, 3.05) is 13.2 Å². The van der Waals surface area contributed by atoms with E-state index >= 15 is 0 Å². The molecule has 0 aromatic heterocycles. The maximum absolute atomic E-state index is 12.0. The Bertz CT molecular complexity index is 420. The first-order chi connectivity index (χ1) is 9.60. The van der Waals surface area contributed by atoms with Crippen LogP contribution in [-0.2, 0) is 17.8 Å². The third kappa shape index (κ3) is 4.32. The maximum Gasteiger partial charge on any atom is 0.224 e. The van der Waals surface area contributed by atoms with E-state index in [0.29, 0.717) is 19.5 Å². The number of carbonyl (C=O) groups excluding carboxylic acids is 1. The maximum atomic E-state index is 12.0.